The molecule has 1 fully saturated rings. The first-order chi connectivity index (χ1) is 5.53. The summed E-state index contributed by atoms with van der Waals surface area (Å²) < 4.78 is 21.8. The van der Waals surface area contributed by atoms with Gasteiger partial charge < -0.3 is 5.32 Å². The van der Waals surface area contributed by atoms with E-state index in [0.717, 1.165) is 0 Å². The van der Waals surface area contributed by atoms with Crippen LogP contribution in [-0.4, -0.2) is 32.0 Å². The van der Waals surface area contributed by atoms with E-state index in [0.29, 0.717) is 6.42 Å². The summed E-state index contributed by atoms with van der Waals surface area (Å²) in [6.07, 6.45) is 0.468. The highest BCUT2D eigenvalue weighted by Gasteiger charge is 2.28. The van der Waals surface area contributed by atoms with E-state index >= 15 is 0 Å². The fraction of sp³-hybridized carbons (Fsp3) is 0.800. The number of urea groups is 1. The van der Waals surface area contributed by atoms with Gasteiger partial charge in [-0.2, -0.15) is 0 Å². The van der Waals surface area contributed by atoms with Crippen LogP contribution in [0.2, 0.25) is 0 Å². The molecule has 0 spiro atoms. The van der Waals surface area contributed by atoms with Gasteiger partial charge in [-0.3, -0.25) is 5.43 Å². The van der Waals surface area contributed by atoms with E-state index in [1.54, 1.807) is 0 Å². The third kappa shape index (κ3) is 2.35. The van der Waals surface area contributed by atoms with Gasteiger partial charge in [0.25, 0.3) is 0 Å². The molecule has 0 aromatic heterocycles. The van der Waals surface area contributed by atoms with Crippen molar-refractivity contribution in [1.82, 2.24) is 10.7 Å². The second-order valence-corrected chi connectivity index (χ2v) is 4.95. The smallest absolute Gasteiger partial charge is 0.329 e. The quantitative estimate of drug-likeness (QED) is 0.264. The molecule has 4 N–H and O–H groups in total. The van der Waals surface area contributed by atoms with Crippen LogP contribution in [0.5, 0.6) is 0 Å². The van der Waals surface area contributed by atoms with Crippen molar-refractivity contribution >= 4 is 15.9 Å². The van der Waals surface area contributed by atoms with E-state index in [1.165, 1.54) is 0 Å². The van der Waals surface area contributed by atoms with E-state index in [9.17, 15) is 13.2 Å². The Bertz CT molecular complexity index is 274. The Morgan fingerprint density at radius 2 is 2.17 bits per heavy atom. The molecule has 1 heterocycles. The van der Waals surface area contributed by atoms with Crippen molar-refractivity contribution in [1.29, 1.82) is 0 Å². The largest absolute Gasteiger partial charge is 0.333 e. The molecule has 0 aliphatic carbocycles. The van der Waals surface area contributed by atoms with Gasteiger partial charge in [-0.25, -0.2) is 19.1 Å². The molecule has 1 rings (SSSR count). The lowest BCUT2D eigenvalue weighted by atomic mass is 10.3. The molecule has 1 aliphatic rings. The number of sulfone groups is 1. The second-order valence-electron chi connectivity index (χ2n) is 2.72. The summed E-state index contributed by atoms with van der Waals surface area (Å²) in [5.74, 6) is 4.96. The molecule has 2 amide bonds. The molecule has 0 saturated carbocycles. The van der Waals surface area contributed by atoms with Crippen LogP contribution in [0.4, 0.5) is 4.79 Å². The van der Waals surface area contributed by atoms with E-state index in [4.69, 9.17) is 5.84 Å². The zero-order valence-corrected chi connectivity index (χ0v) is 7.23. The Hall–Kier alpha value is -0.820. The number of amides is 2. The number of nitrogens with one attached hydrogen (secondary N) is 2. The molecule has 12 heavy (non-hydrogen) atoms. The minimum Gasteiger partial charge on any atom is -0.333 e. The van der Waals surface area contributed by atoms with Crippen molar-refractivity contribution in [2.24, 2.45) is 5.84 Å². The highest BCUT2D eigenvalue weighted by molar-refractivity contribution is 7.91. The molecule has 1 saturated heterocycles. The molecule has 1 atom stereocenters. The summed E-state index contributed by atoms with van der Waals surface area (Å²) in [6.45, 7) is 0. The standard InChI is InChI=1S/C5H11N3O3S/c6-8-5(9)7-4-1-2-12(10,11)3-4/h4H,1-3,6H2,(H2,7,8,9)/t4-/m1/s1. The highest BCUT2D eigenvalue weighted by atomic mass is 32.2. The van der Waals surface area contributed by atoms with Gasteiger partial charge >= 0.3 is 6.03 Å². The monoisotopic (exact) mass is 193 g/mol. The number of hydrogen-bond acceptors (Lipinski definition) is 4. The van der Waals surface area contributed by atoms with Crippen LogP contribution in [0, 0.1) is 0 Å². The summed E-state index contributed by atoms with van der Waals surface area (Å²) in [5, 5.41) is 2.43. The van der Waals surface area contributed by atoms with Gasteiger partial charge in [0.2, 0.25) is 0 Å². The first kappa shape index (κ1) is 9.27. The zero-order chi connectivity index (χ0) is 9.19. The van der Waals surface area contributed by atoms with E-state index in [1.807, 2.05) is 5.43 Å². The van der Waals surface area contributed by atoms with Crippen LogP contribution in [0.25, 0.3) is 0 Å². The van der Waals surface area contributed by atoms with Crippen LogP contribution in [0.15, 0.2) is 0 Å². The van der Waals surface area contributed by atoms with Crippen molar-refractivity contribution in [3.8, 4) is 0 Å². The Morgan fingerprint density at radius 3 is 2.58 bits per heavy atom. The number of carbonyl (C=O) groups excluding carboxylic acids is 1. The van der Waals surface area contributed by atoms with Crippen LogP contribution in [-0.2, 0) is 9.84 Å². The predicted octanol–water partition coefficient (Wildman–Crippen LogP) is -1.65. The number of hydrogen-bond donors (Lipinski definition) is 3. The molecule has 6 nitrogen and oxygen atoms in total. The van der Waals surface area contributed by atoms with Crippen molar-refractivity contribution in [3.05, 3.63) is 0 Å². The molecule has 0 aromatic carbocycles. The summed E-state index contributed by atoms with van der Waals surface area (Å²) in [6, 6.07) is -0.837. The molecule has 1 aliphatic heterocycles. The first-order valence-electron chi connectivity index (χ1n) is 3.51. The minimum absolute atomic E-state index is 0.0143. The van der Waals surface area contributed by atoms with Crippen LogP contribution in [0.3, 0.4) is 0 Å². The Labute approximate surface area is 70.4 Å². The maximum Gasteiger partial charge on any atom is 0.329 e. The van der Waals surface area contributed by atoms with Gasteiger partial charge in [-0.05, 0) is 6.42 Å². The number of hydrazine groups is 1. The van der Waals surface area contributed by atoms with E-state index in [-0.39, 0.29) is 17.5 Å². The van der Waals surface area contributed by atoms with Crippen molar-refractivity contribution < 1.29 is 13.2 Å². The van der Waals surface area contributed by atoms with Crippen LogP contribution < -0.4 is 16.6 Å². The number of carbonyl (C=O) groups is 1. The minimum atomic E-state index is -2.93. The Balaban J connectivity index is 2.43. The Kier molecular flexibility index (Phi) is 2.53. The lowest BCUT2D eigenvalue weighted by Gasteiger charge is -2.08. The van der Waals surface area contributed by atoms with Crippen molar-refractivity contribution in [2.45, 2.75) is 12.5 Å². The zero-order valence-electron chi connectivity index (χ0n) is 6.41. The molecule has 0 aromatic rings. The van der Waals surface area contributed by atoms with Gasteiger partial charge in [0.05, 0.1) is 11.5 Å². The van der Waals surface area contributed by atoms with E-state index < -0.39 is 15.9 Å². The fourth-order valence-corrected chi connectivity index (χ4v) is 2.81. The maximum atomic E-state index is 10.9. The van der Waals surface area contributed by atoms with Gasteiger partial charge in [0, 0.05) is 6.04 Å². The van der Waals surface area contributed by atoms with E-state index in [2.05, 4.69) is 5.32 Å². The normalized spacial score (nSPS) is 26.6. The molecule has 0 bridgehead atoms. The summed E-state index contributed by atoms with van der Waals surface area (Å²) in [4.78, 5) is 10.6. The lowest BCUT2D eigenvalue weighted by Crippen LogP contribution is -2.45. The molecule has 70 valence electrons. The highest BCUT2D eigenvalue weighted by Crippen LogP contribution is 2.10. The molecular formula is C5H11N3O3S. The SMILES string of the molecule is NNC(=O)N[C@@H]1CCS(=O)(=O)C1. The molecule has 0 radical (unpaired) electrons. The molecule has 7 heteroatoms. The van der Waals surface area contributed by atoms with Gasteiger partial charge in [0.1, 0.15) is 0 Å². The maximum absolute atomic E-state index is 10.9. The fourth-order valence-electron chi connectivity index (χ4n) is 1.14. The number of nitrogens with two attached hydrogens (primary N) is 1. The van der Waals surface area contributed by atoms with Crippen LogP contribution in [0.1, 0.15) is 6.42 Å². The third-order valence-electron chi connectivity index (χ3n) is 1.70. The Morgan fingerprint density at radius 1 is 1.50 bits per heavy atom. The average Bonchev–Trinajstić information content (AvgIpc) is 2.30. The summed E-state index contributed by atoms with van der Waals surface area (Å²) in [5.41, 5.74) is 1.87. The van der Waals surface area contributed by atoms with Gasteiger partial charge in [0.15, 0.2) is 9.84 Å². The predicted molar refractivity (Wildman–Crippen MR) is 42.9 cm³/mol. The van der Waals surface area contributed by atoms with Crippen molar-refractivity contribution in [3.63, 3.8) is 0 Å². The molecular weight excluding hydrogens is 182 g/mol. The van der Waals surface area contributed by atoms with Crippen molar-refractivity contribution in [2.75, 3.05) is 11.5 Å². The van der Waals surface area contributed by atoms with Gasteiger partial charge in [-0.1, -0.05) is 0 Å². The molecule has 0 unspecified atom stereocenters. The lowest BCUT2D eigenvalue weighted by molar-refractivity contribution is 0.238. The third-order valence-corrected chi connectivity index (χ3v) is 3.47. The summed E-state index contributed by atoms with van der Waals surface area (Å²) in [7, 11) is -2.93. The van der Waals surface area contributed by atoms with Gasteiger partial charge in [-0.15, -0.1) is 0 Å². The van der Waals surface area contributed by atoms with Crippen LogP contribution >= 0.6 is 0 Å². The average molecular weight is 193 g/mol. The second kappa shape index (κ2) is 3.28. The first-order valence-corrected chi connectivity index (χ1v) is 5.33. The summed E-state index contributed by atoms with van der Waals surface area (Å²) >= 11 is 0. The topological polar surface area (TPSA) is 101 Å². The number of rotatable bonds is 1.